The van der Waals surface area contributed by atoms with Gasteiger partial charge in [-0.3, -0.25) is 14.6 Å². The van der Waals surface area contributed by atoms with E-state index in [-0.39, 0.29) is 24.0 Å². The first-order valence-corrected chi connectivity index (χ1v) is 10.7. The highest BCUT2D eigenvalue weighted by molar-refractivity contribution is 14.0. The quantitative estimate of drug-likeness (QED) is 0.342. The van der Waals surface area contributed by atoms with Crippen LogP contribution in [0.5, 0.6) is 0 Å². The second-order valence-electron chi connectivity index (χ2n) is 8.18. The van der Waals surface area contributed by atoms with E-state index >= 15 is 0 Å². The highest BCUT2D eigenvalue weighted by Crippen LogP contribution is 2.19. The van der Waals surface area contributed by atoms with Crippen molar-refractivity contribution in [2.24, 2.45) is 12.0 Å². The highest BCUT2D eigenvalue weighted by atomic mass is 127. The summed E-state index contributed by atoms with van der Waals surface area (Å²) in [6.45, 7) is 10.3. The first-order chi connectivity index (χ1) is 14.0. The monoisotopic (exact) mass is 524 g/mol. The fourth-order valence-corrected chi connectivity index (χ4v) is 4.04. The number of piperidine rings is 1. The molecule has 7 heteroatoms. The Morgan fingerprint density at radius 2 is 1.77 bits per heavy atom. The molecule has 1 aromatic carbocycles. The number of nitrogens with one attached hydrogen (secondary N) is 2. The molecule has 2 N–H and O–H groups in total. The van der Waals surface area contributed by atoms with Gasteiger partial charge in [0.2, 0.25) is 0 Å². The molecule has 30 heavy (non-hydrogen) atoms. The molecule has 0 aliphatic carbocycles. The smallest absolute Gasteiger partial charge is 0.191 e. The van der Waals surface area contributed by atoms with E-state index in [1.807, 2.05) is 18.7 Å². The van der Waals surface area contributed by atoms with Crippen molar-refractivity contribution in [3.63, 3.8) is 0 Å². The molecule has 1 aliphatic rings. The molecule has 166 valence electrons. The van der Waals surface area contributed by atoms with Crippen LogP contribution in [0.1, 0.15) is 54.3 Å². The van der Waals surface area contributed by atoms with Gasteiger partial charge < -0.3 is 10.6 Å². The minimum absolute atomic E-state index is 0. The van der Waals surface area contributed by atoms with Crippen LogP contribution in [0, 0.1) is 13.8 Å². The largest absolute Gasteiger partial charge is 0.352 e. The average molecular weight is 524 g/mol. The summed E-state index contributed by atoms with van der Waals surface area (Å²) >= 11 is 0. The molecule has 1 saturated heterocycles. The van der Waals surface area contributed by atoms with Gasteiger partial charge in [-0.1, -0.05) is 30.7 Å². The summed E-state index contributed by atoms with van der Waals surface area (Å²) in [5.74, 6) is 0.805. The van der Waals surface area contributed by atoms with Crippen LogP contribution in [0.2, 0.25) is 0 Å². The topological polar surface area (TPSA) is 57.5 Å². The van der Waals surface area contributed by atoms with Gasteiger partial charge in [-0.25, -0.2) is 0 Å². The van der Waals surface area contributed by atoms with E-state index in [1.165, 1.54) is 48.2 Å². The molecule has 0 saturated carbocycles. The fourth-order valence-electron chi connectivity index (χ4n) is 4.04. The number of aromatic nitrogens is 2. The molecular weight excluding hydrogens is 487 g/mol. The van der Waals surface area contributed by atoms with Crippen LogP contribution in [0.4, 0.5) is 0 Å². The van der Waals surface area contributed by atoms with Crippen LogP contribution < -0.4 is 10.6 Å². The molecule has 0 spiro atoms. The lowest BCUT2D eigenvalue weighted by Gasteiger charge is -2.33. The number of rotatable bonds is 6. The van der Waals surface area contributed by atoms with E-state index in [0.717, 1.165) is 31.3 Å². The summed E-state index contributed by atoms with van der Waals surface area (Å²) in [6, 6.07) is 9.67. The molecular formula is C23H37IN6. The van der Waals surface area contributed by atoms with E-state index < -0.39 is 0 Å². The molecule has 1 aromatic heterocycles. The van der Waals surface area contributed by atoms with E-state index in [4.69, 9.17) is 0 Å². The Bertz CT molecular complexity index is 827. The van der Waals surface area contributed by atoms with Gasteiger partial charge in [-0.2, -0.15) is 5.10 Å². The van der Waals surface area contributed by atoms with E-state index in [2.05, 4.69) is 63.7 Å². The van der Waals surface area contributed by atoms with Crippen molar-refractivity contribution >= 4 is 29.9 Å². The van der Waals surface area contributed by atoms with Crippen molar-refractivity contribution in [1.82, 2.24) is 25.3 Å². The molecule has 3 rings (SSSR count). The summed E-state index contributed by atoms with van der Waals surface area (Å²) in [5.41, 5.74) is 6.13. The van der Waals surface area contributed by atoms with Gasteiger partial charge in [0.25, 0.3) is 0 Å². The minimum atomic E-state index is 0. The lowest BCUT2D eigenvalue weighted by atomic mass is 10.0. The zero-order valence-electron chi connectivity index (χ0n) is 19.0. The van der Waals surface area contributed by atoms with Crippen molar-refractivity contribution in [1.29, 1.82) is 0 Å². The third-order valence-corrected chi connectivity index (χ3v) is 6.12. The molecule has 1 unspecified atom stereocenters. The summed E-state index contributed by atoms with van der Waals surface area (Å²) in [5, 5.41) is 11.3. The molecule has 1 atom stereocenters. The number of aliphatic imine (C=N–C) groups is 1. The van der Waals surface area contributed by atoms with Gasteiger partial charge in [0.15, 0.2) is 5.96 Å². The number of likely N-dealkylation sites (tertiary alicyclic amines) is 1. The van der Waals surface area contributed by atoms with Crippen LogP contribution in [0.15, 0.2) is 29.3 Å². The molecule has 1 fully saturated rings. The van der Waals surface area contributed by atoms with Crippen LogP contribution in [0.25, 0.3) is 0 Å². The second kappa shape index (κ2) is 11.7. The number of hydrogen-bond donors (Lipinski definition) is 2. The maximum Gasteiger partial charge on any atom is 0.191 e. The number of aryl methyl sites for hydroxylation is 2. The third kappa shape index (κ3) is 6.44. The van der Waals surface area contributed by atoms with Gasteiger partial charge in [0, 0.05) is 51.0 Å². The van der Waals surface area contributed by atoms with Crippen LogP contribution in [-0.4, -0.2) is 40.3 Å². The van der Waals surface area contributed by atoms with E-state index in [1.54, 1.807) is 7.05 Å². The van der Waals surface area contributed by atoms with Crippen LogP contribution in [-0.2, 0) is 26.7 Å². The molecule has 1 aliphatic heterocycles. The Hall–Kier alpha value is -1.61. The predicted octanol–water partition coefficient (Wildman–Crippen LogP) is 3.89. The maximum absolute atomic E-state index is 4.48. The molecule has 0 amide bonds. The standard InChI is InChI=1S/C23H36N6.HI/c1-17-8-6-7-13-29(17)16-21-11-9-20(10-12-21)14-25-23(24-4)26-15-22-18(2)27-28(5)19(22)3;/h9-12,17H,6-8,13-16H2,1-5H3,(H2,24,25,26);1H. The average Bonchev–Trinajstić information content (AvgIpc) is 2.96. The molecule has 2 heterocycles. The summed E-state index contributed by atoms with van der Waals surface area (Å²) in [6.07, 6.45) is 4.03. The highest BCUT2D eigenvalue weighted by Gasteiger charge is 2.18. The Morgan fingerprint density at radius 1 is 1.10 bits per heavy atom. The number of benzene rings is 1. The lowest BCUT2D eigenvalue weighted by molar-refractivity contribution is 0.152. The lowest BCUT2D eigenvalue weighted by Crippen LogP contribution is -2.37. The van der Waals surface area contributed by atoms with Crippen LogP contribution in [0.3, 0.4) is 0 Å². The summed E-state index contributed by atoms with van der Waals surface area (Å²) in [7, 11) is 3.79. The van der Waals surface area contributed by atoms with Gasteiger partial charge in [-0.05, 0) is 51.3 Å². The van der Waals surface area contributed by atoms with Crippen molar-refractivity contribution in [3.05, 3.63) is 52.3 Å². The van der Waals surface area contributed by atoms with Crippen LogP contribution >= 0.6 is 24.0 Å². The number of guanidine groups is 1. The zero-order chi connectivity index (χ0) is 20.8. The van der Waals surface area contributed by atoms with Gasteiger partial charge in [0.05, 0.1) is 5.69 Å². The number of nitrogens with zero attached hydrogens (tertiary/aromatic N) is 4. The molecule has 2 aromatic rings. The normalized spacial score (nSPS) is 17.5. The first kappa shape index (κ1) is 24.7. The molecule has 0 bridgehead atoms. The predicted molar refractivity (Wildman–Crippen MR) is 135 cm³/mol. The minimum Gasteiger partial charge on any atom is -0.352 e. The summed E-state index contributed by atoms with van der Waals surface area (Å²) < 4.78 is 1.93. The van der Waals surface area contributed by atoms with Crippen molar-refractivity contribution in [3.8, 4) is 0 Å². The number of hydrogen-bond acceptors (Lipinski definition) is 3. The Labute approximate surface area is 198 Å². The van der Waals surface area contributed by atoms with Gasteiger partial charge in [0.1, 0.15) is 0 Å². The maximum atomic E-state index is 4.48. The summed E-state index contributed by atoms with van der Waals surface area (Å²) in [4.78, 5) is 6.95. The Kier molecular flexibility index (Phi) is 9.61. The van der Waals surface area contributed by atoms with E-state index in [0.29, 0.717) is 6.04 Å². The number of halogens is 1. The fraction of sp³-hybridized carbons (Fsp3) is 0.565. The van der Waals surface area contributed by atoms with Gasteiger partial charge >= 0.3 is 0 Å². The zero-order valence-corrected chi connectivity index (χ0v) is 21.4. The second-order valence-corrected chi connectivity index (χ2v) is 8.18. The van der Waals surface area contributed by atoms with Crippen molar-refractivity contribution < 1.29 is 0 Å². The first-order valence-electron chi connectivity index (χ1n) is 10.7. The third-order valence-electron chi connectivity index (χ3n) is 6.12. The SMILES string of the molecule is CN=C(NCc1ccc(CN2CCCCC2C)cc1)NCc1c(C)nn(C)c1C.I. The van der Waals surface area contributed by atoms with E-state index in [9.17, 15) is 0 Å². The Balaban J connectivity index is 0.00000320. The van der Waals surface area contributed by atoms with Gasteiger partial charge in [-0.15, -0.1) is 24.0 Å². The van der Waals surface area contributed by atoms with Crippen molar-refractivity contribution in [2.75, 3.05) is 13.6 Å². The molecule has 0 radical (unpaired) electrons. The molecule has 6 nitrogen and oxygen atoms in total. The van der Waals surface area contributed by atoms with Crippen molar-refractivity contribution in [2.45, 2.75) is 65.7 Å². The Morgan fingerprint density at radius 3 is 2.37 bits per heavy atom.